The van der Waals surface area contributed by atoms with Crippen LogP contribution in [0, 0.1) is 0 Å². The number of ether oxygens (including phenoxy) is 1. The van der Waals surface area contributed by atoms with Crippen LogP contribution in [0.25, 0.3) is 0 Å². The van der Waals surface area contributed by atoms with Gasteiger partial charge in [0.05, 0.1) is 18.6 Å². The molecule has 2 aliphatic heterocycles. The van der Waals surface area contributed by atoms with E-state index >= 15 is 0 Å². The van der Waals surface area contributed by atoms with E-state index < -0.39 is 6.04 Å². The summed E-state index contributed by atoms with van der Waals surface area (Å²) >= 11 is 1.22. The number of carbonyl (C=O) groups excluding carboxylic acids is 2. The number of nitrogens with zero attached hydrogens (tertiary/aromatic N) is 3. The Morgan fingerprint density at radius 2 is 1.76 bits per heavy atom. The Kier molecular flexibility index (Phi) is 6.14. The van der Waals surface area contributed by atoms with Gasteiger partial charge in [-0.25, -0.2) is 9.89 Å². The monoisotopic (exact) mass is 470 g/mol. The lowest BCUT2D eigenvalue weighted by Gasteiger charge is -2.25. The third-order valence-corrected chi connectivity index (χ3v) is 6.46. The number of anilines is 1. The van der Waals surface area contributed by atoms with Crippen LogP contribution in [0.2, 0.25) is 0 Å². The highest BCUT2D eigenvalue weighted by molar-refractivity contribution is 8.14. The van der Waals surface area contributed by atoms with Crippen LogP contribution in [0.3, 0.4) is 0 Å². The van der Waals surface area contributed by atoms with E-state index in [1.165, 1.54) is 11.8 Å². The van der Waals surface area contributed by atoms with E-state index in [2.05, 4.69) is 10.3 Å². The number of nitrogens with one attached hydrogen (secondary N) is 1. The highest BCUT2D eigenvalue weighted by Crippen LogP contribution is 2.34. The van der Waals surface area contributed by atoms with Gasteiger partial charge >= 0.3 is 0 Å². The van der Waals surface area contributed by atoms with Crippen LogP contribution >= 0.6 is 11.8 Å². The van der Waals surface area contributed by atoms with Crippen molar-refractivity contribution in [2.75, 3.05) is 18.2 Å². The molecular formula is C26H22N4O3S. The number of fused-ring (bicyclic) bond motifs is 3. The number of hydrogen-bond donors (Lipinski definition) is 1. The van der Waals surface area contributed by atoms with Crippen LogP contribution in [0.15, 0.2) is 88.8 Å². The molecule has 170 valence electrons. The molecule has 8 heteroatoms. The Morgan fingerprint density at radius 1 is 1.03 bits per heavy atom. The van der Waals surface area contributed by atoms with Gasteiger partial charge in [0.25, 0.3) is 5.91 Å². The van der Waals surface area contributed by atoms with Gasteiger partial charge in [0.2, 0.25) is 5.91 Å². The molecule has 3 aromatic carbocycles. The summed E-state index contributed by atoms with van der Waals surface area (Å²) < 4.78 is 5.14. The number of aliphatic imine (C=N–C) groups is 2. The third kappa shape index (κ3) is 4.45. The third-order valence-electron chi connectivity index (χ3n) is 5.53. The highest BCUT2D eigenvalue weighted by Gasteiger charge is 2.41. The molecule has 0 bridgehead atoms. The van der Waals surface area contributed by atoms with Crippen molar-refractivity contribution in [3.05, 3.63) is 90.0 Å². The molecule has 5 rings (SSSR count). The van der Waals surface area contributed by atoms with Crippen molar-refractivity contribution in [1.82, 2.24) is 4.90 Å². The minimum atomic E-state index is -0.525. The molecule has 0 spiro atoms. The summed E-state index contributed by atoms with van der Waals surface area (Å²) in [4.78, 5) is 37.0. The van der Waals surface area contributed by atoms with Gasteiger partial charge in [0, 0.05) is 17.7 Å². The fourth-order valence-electron chi connectivity index (χ4n) is 3.87. The molecule has 1 N–H and O–H groups in total. The Bertz CT molecular complexity index is 1290. The summed E-state index contributed by atoms with van der Waals surface area (Å²) in [6, 6.07) is 24.0. The molecule has 0 aromatic heterocycles. The summed E-state index contributed by atoms with van der Waals surface area (Å²) in [6.07, 6.45) is 0.512. The number of methoxy groups -OCH3 is 1. The molecular weight excluding hydrogens is 448 g/mol. The lowest BCUT2D eigenvalue weighted by atomic mass is 10.1. The maximum atomic E-state index is 13.4. The van der Waals surface area contributed by atoms with E-state index in [0.29, 0.717) is 28.9 Å². The number of carbonyl (C=O) groups is 2. The van der Waals surface area contributed by atoms with Crippen molar-refractivity contribution in [3.8, 4) is 5.75 Å². The van der Waals surface area contributed by atoms with Crippen LogP contribution in [0.1, 0.15) is 11.1 Å². The van der Waals surface area contributed by atoms with E-state index in [-0.39, 0.29) is 17.6 Å². The second kappa shape index (κ2) is 9.52. The van der Waals surface area contributed by atoms with Gasteiger partial charge in [0.15, 0.2) is 5.17 Å². The molecule has 0 fully saturated rings. The first kappa shape index (κ1) is 21.9. The number of rotatable bonds is 6. The molecule has 3 aromatic rings. The molecule has 0 saturated heterocycles. The van der Waals surface area contributed by atoms with Gasteiger partial charge in [-0.2, -0.15) is 0 Å². The molecule has 0 radical (unpaired) electrons. The quantitative estimate of drug-likeness (QED) is 0.583. The molecule has 34 heavy (non-hydrogen) atoms. The average Bonchev–Trinajstić information content (AvgIpc) is 3.20. The molecule has 2 heterocycles. The van der Waals surface area contributed by atoms with Crippen molar-refractivity contribution in [1.29, 1.82) is 0 Å². The normalized spacial score (nSPS) is 16.3. The minimum absolute atomic E-state index is 0.105. The number of hydrogen-bond acceptors (Lipinski definition) is 6. The van der Waals surface area contributed by atoms with Crippen LogP contribution < -0.4 is 10.1 Å². The zero-order valence-corrected chi connectivity index (χ0v) is 19.3. The Balaban J connectivity index is 1.34. The zero-order chi connectivity index (χ0) is 23.5. The van der Waals surface area contributed by atoms with E-state index in [1.54, 1.807) is 36.3 Å². The molecule has 7 nitrogen and oxygen atoms in total. The zero-order valence-electron chi connectivity index (χ0n) is 18.5. The predicted molar refractivity (Wildman–Crippen MR) is 135 cm³/mol. The molecule has 0 aliphatic carbocycles. The van der Waals surface area contributed by atoms with Crippen LogP contribution in [-0.4, -0.2) is 46.6 Å². The van der Waals surface area contributed by atoms with Crippen LogP contribution in [-0.2, 0) is 16.0 Å². The van der Waals surface area contributed by atoms with Gasteiger partial charge in [-0.3, -0.25) is 14.6 Å². The van der Waals surface area contributed by atoms with Gasteiger partial charge in [-0.05, 0) is 42.0 Å². The molecule has 0 unspecified atom stereocenters. The first-order chi connectivity index (χ1) is 16.6. The lowest BCUT2D eigenvalue weighted by Crippen LogP contribution is -2.41. The van der Waals surface area contributed by atoms with Crippen molar-refractivity contribution < 1.29 is 14.3 Å². The largest absolute Gasteiger partial charge is 0.497 e. The van der Waals surface area contributed by atoms with Crippen LogP contribution in [0.4, 0.5) is 11.4 Å². The number of benzene rings is 3. The first-order valence-corrected chi connectivity index (χ1v) is 11.8. The molecule has 2 aliphatic rings. The molecule has 1 atom stereocenters. The Morgan fingerprint density at radius 3 is 2.53 bits per heavy atom. The van der Waals surface area contributed by atoms with Crippen molar-refractivity contribution in [3.63, 3.8) is 0 Å². The van der Waals surface area contributed by atoms with E-state index in [9.17, 15) is 9.59 Å². The van der Waals surface area contributed by atoms with Crippen molar-refractivity contribution in [2.45, 2.75) is 12.5 Å². The standard InChI is InChI=1S/C26H22N4O3S/c1-33-19-13-11-18(12-14-19)27-23(31)16-34-26-29-21-10-6-5-9-20(21)24-28-22(25(32)30(24)26)15-17-7-3-2-4-8-17/h2-14,22H,15-16H2,1H3,(H,27,31)/t22-/m0/s1. The summed E-state index contributed by atoms with van der Waals surface area (Å²) in [5, 5.41) is 3.32. The number of thioether (sulfide) groups is 1. The molecule has 0 saturated carbocycles. The average molecular weight is 471 g/mol. The lowest BCUT2D eigenvalue weighted by molar-refractivity contribution is -0.124. The number of amides is 2. The smallest absolute Gasteiger partial charge is 0.259 e. The summed E-state index contributed by atoms with van der Waals surface area (Å²) in [5.41, 5.74) is 3.27. The van der Waals surface area contributed by atoms with E-state index in [1.807, 2.05) is 54.6 Å². The Hall–Kier alpha value is -3.91. The van der Waals surface area contributed by atoms with Crippen molar-refractivity contribution >= 4 is 46.0 Å². The summed E-state index contributed by atoms with van der Waals surface area (Å²) in [7, 11) is 1.59. The predicted octanol–water partition coefficient (Wildman–Crippen LogP) is 4.27. The maximum Gasteiger partial charge on any atom is 0.259 e. The fourth-order valence-corrected chi connectivity index (χ4v) is 4.67. The Labute approximate surface area is 201 Å². The SMILES string of the molecule is COc1ccc(NC(=O)CSC2=Nc3ccccc3C3=N[C@@H](Cc4ccccc4)C(=O)N23)cc1. The second-order valence-corrected chi connectivity index (χ2v) is 8.75. The number of para-hydroxylation sites is 1. The van der Waals surface area contributed by atoms with Gasteiger partial charge < -0.3 is 10.1 Å². The summed E-state index contributed by atoms with van der Waals surface area (Å²) in [5.74, 6) is 1.09. The highest BCUT2D eigenvalue weighted by atomic mass is 32.2. The fraction of sp³-hybridized carbons (Fsp3) is 0.154. The van der Waals surface area contributed by atoms with E-state index in [4.69, 9.17) is 9.73 Å². The second-order valence-electron chi connectivity index (χ2n) is 7.81. The number of amidine groups is 2. The first-order valence-electron chi connectivity index (χ1n) is 10.8. The molecule has 2 amide bonds. The van der Waals surface area contributed by atoms with Crippen LogP contribution in [0.5, 0.6) is 5.75 Å². The maximum absolute atomic E-state index is 13.4. The van der Waals surface area contributed by atoms with E-state index in [0.717, 1.165) is 16.8 Å². The summed E-state index contributed by atoms with van der Waals surface area (Å²) in [6.45, 7) is 0. The van der Waals surface area contributed by atoms with Crippen molar-refractivity contribution in [2.24, 2.45) is 9.98 Å². The van der Waals surface area contributed by atoms with Gasteiger partial charge in [-0.1, -0.05) is 54.2 Å². The topological polar surface area (TPSA) is 83.4 Å². The van der Waals surface area contributed by atoms with Gasteiger partial charge in [0.1, 0.15) is 17.6 Å². The minimum Gasteiger partial charge on any atom is -0.497 e. The van der Waals surface area contributed by atoms with Gasteiger partial charge in [-0.15, -0.1) is 0 Å².